The van der Waals surface area contributed by atoms with E-state index in [9.17, 15) is 14.3 Å². The van der Waals surface area contributed by atoms with Gasteiger partial charge in [-0.2, -0.15) is 0 Å². The van der Waals surface area contributed by atoms with Crippen LogP contribution in [-0.4, -0.2) is 29.1 Å². The fourth-order valence-electron chi connectivity index (χ4n) is 3.77. The van der Waals surface area contributed by atoms with E-state index in [0.29, 0.717) is 23.7 Å². The average Bonchev–Trinajstić information content (AvgIpc) is 2.91. The molecule has 0 unspecified atom stereocenters. The zero-order valence-electron chi connectivity index (χ0n) is 11.1. The molecule has 3 nitrogen and oxygen atoms in total. The van der Waals surface area contributed by atoms with Gasteiger partial charge in [0.05, 0.1) is 5.41 Å². The summed E-state index contributed by atoms with van der Waals surface area (Å²) in [6.07, 6.45) is 2.66. The first kappa shape index (κ1) is 13.8. The predicted molar refractivity (Wildman–Crippen MR) is 74.1 cm³/mol. The van der Waals surface area contributed by atoms with Gasteiger partial charge in [-0.15, -0.1) is 0 Å². The first-order chi connectivity index (χ1) is 9.53. The van der Waals surface area contributed by atoms with E-state index in [1.54, 1.807) is 12.1 Å². The third-order valence-corrected chi connectivity index (χ3v) is 5.16. The quantitative estimate of drug-likeness (QED) is 0.931. The van der Waals surface area contributed by atoms with Crippen molar-refractivity contribution in [3.05, 3.63) is 34.6 Å². The molecule has 108 valence electrons. The van der Waals surface area contributed by atoms with E-state index in [1.165, 1.54) is 6.07 Å². The first-order valence-electron chi connectivity index (χ1n) is 6.91. The molecule has 1 aromatic rings. The number of benzene rings is 1. The number of hydrogen-bond donors (Lipinski definition) is 1. The van der Waals surface area contributed by atoms with Gasteiger partial charge in [0.25, 0.3) is 0 Å². The van der Waals surface area contributed by atoms with Crippen molar-refractivity contribution in [1.29, 1.82) is 0 Å². The number of aliphatic carboxylic acids is 1. The van der Waals surface area contributed by atoms with Crippen LogP contribution in [0.5, 0.6) is 0 Å². The van der Waals surface area contributed by atoms with Gasteiger partial charge in [-0.05, 0) is 30.9 Å². The van der Waals surface area contributed by atoms with Gasteiger partial charge in [0.15, 0.2) is 0 Å². The Balaban J connectivity index is 1.80. The van der Waals surface area contributed by atoms with Crippen LogP contribution in [0, 0.1) is 17.2 Å². The van der Waals surface area contributed by atoms with Crippen molar-refractivity contribution in [1.82, 2.24) is 4.90 Å². The topological polar surface area (TPSA) is 40.5 Å². The summed E-state index contributed by atoms with van der Waals surface area (Å²) < 4.78 is 13.8. The zero-order chi connectivity index (χ0) is 14.3. The highest BCUT2D eigenvalue weighted by Gasteiger charge is 2.54. The highest BCUT2D eigenvalue weighted by Crippen LogP contribution is 2.49. The van der Waals surface area contributed by atoms with Gasteiger partial charge in [0.2, 0.25) is 0 Å². The number of carbonyl (C=O) groups is 1. The molecule has 1 heterocycles. The molecular formula is C15H17ClFNO2. The lowest BCUT2D eigenvalue weighted by molar-refractivity contribution is -0.149. The summed E-state index contributed by atoms with van der Waals surface area (Å²) in [5.41, 5.74) is -0.160. The van der Waals surface area contributed by atoms with Crippen LogP contribution < -0.4 is 0 Å². The van der Waals surface area contributed by atoms with Crippen molar-refractivity contribution < 1.29 is 14.3 Å². The molecule has 0 aromatic heterocycles. The van der Waals surface area contributed by atoms with Crippen molar-refractivity contribution in [2.45, 2.75) is 25.8 Å². The van der Waals surface area contributed by atoms with E-state index >= 15 is 0 Å². The monoisotopic (exact) mass is 297 g/mol. The molecule has 0 bridgehead atoms. The Kier molecular flexibility index (Phi) is 3.46. The lowest BCUT2D eigenvalue weighted by Crippen LogP contribution is -2.35. The number of rotatable bonds is 3. The minimum Gasteiger partial charge on any atom is -0.481 e. The maximum Gasteiger partial charge on any atom is 0.311 e. The normalized spacial score (nSPS) is 29.6. The number of fused-ring (bicyclic) bond motifs is 1. The van der Waals surface area contributed by atoms with E-state index in [1.807, 2.05) is 4.90 Å². The van der Waals surface area contributed by atoms with Crippen LogP contribution >= 0.6 is 11.6 Å². The van der Waals surface area contributed by atoms with Gasteiger partial charge in [-0.3, -0.25) is 9.69 Å². The molecule has 1 aliphatic heterocycles. The van der Waals surface area contributed by atoms with Crippen molar-refractivity contribution in [3.8, 4) is 0 Å². The Labute approximate surface area is 122 Å². The molecule has 1 saturated carbocycles. The molecule has 2 atom stereocenters. The van der Waals surface area contributed by atoms with Gasteiger partial charge in [0, 0.05) is 30.2 Å². The molecule has 0 radical (unpaired) electrons. The molecule has 1 aliphatic carbocycles. The number of carboxylic acids is 1. The highest BCUT2D eigenvalue weighted by molar-refractivity contribution is 6.31. The summed E-state index contributed by atoms with van der Waals surface area (Å²) in [4.78, 5) is 13.6. The predicted octanol–water partition coefficient (Wildman–Crippen LogP) is 3.17. The first-order valence-corrected chi connectivity index (χ1v) is 7.29. The van der Waals surface area contributed by atoms with Gasteiger partial charge in [0.1, 0.15) is 5.82 Å². The van der Waals surface area contributed by atoms with E-state index in [2.05, 4.69) is 0 Å². The van der Waals surface area contributed by atoms with Crippen LogP contribution in [0.2, 0.25) is 5.02 Å². The van der Waals surface area contributed by atoms with Crippen LogP contribution in [0.3, 0.4) is 0 Å². The Hall–Kier alpha value is -1.13. The average molecular weight is 298 g/mol. The number of carboxylic acid groups (broad SMARTS) is 1. The van der Waals surface area contributed by atoms with Crippen LogP contribution in [0.4, 0.5) is 4.39 Å². The molecular weight excluding hydrogens is 281 g/mol. The molecule has 1 saturated heterocycles. The third-order valence-electron chi connectivity index (χ3n) is 4.81. The van der Waals surface area contributed by atoms with E-state index in [-0.39, 0.29) is 11.7 Å². The zero-order valence-corrected chi connectivity index (χ0v) is 11.9. The maximum absolute atomic E-state index is 13.8. The van der Waals surface area contributed by atoms with Gasteiger partial charge >= 0.3 is 5.97 Å². The molecule has 3 rings (SSSR count). The molecule has 1 aromatic carbocycles. The summed E-state index contributed by atoms with van der Waals surface area (Å²) >= 11 is 6.04. The molecule has 1 N–H and O–H groups in total. The maximum atomic E-state index is 13.8. The fraction of sp³-hybridized carbons (Fsp3) is 0.533. The van der Waals surface area contributed by atoms with E-state index in [4.69, 9.17) is 11.6 Å². The lowest BCUT2D eigenvalue weighted by atomic mass is 9.81. The number of halogens is 2. The molecule has 0 amide bonds. The fourth-order valence-corrected chi connectivity index (χ4v) is 3.99. The summed E-state index contributed by atoms with van der Waals surface area (Å²) in [5.74, 6) is -0.841. The number of hydrogen-bond acceptors (Lipinski definition) is 2. The molecule has 0 spiro atoms. The molecule has 20 heavy (non-hydrogen) atoms. The molecule has 2 fully saturated rings. The largest absolute Gasteiger partial charge is 0.481 e. The molecule has 2 aliphatic rings. The standard InChI is InChI=1S/C15H17ClFNO2/c16-12-4-1-5-13(17)11(12)8-18-7-10-3-2-6-15(10,9-18)14(19)20/h1,4-5,10H,2-3,6-9H2,(H,19,20)/t10-,15+/m0/s1. The van der Waals surface area contributed by atoms with Crippen molar-refractivity contribution in [2.24, 2.45) is 11.3 Å². The number of nitrogens with zero attached hydrogens (tertiary/aromatic N) is 1. The minimum atomic E-state index is -0.706. The Bertz CT molecular complexity index is 530. The second-order valence-corrected chi connectivity index (χ2v) is 6.33. The van der Waals surface area contributed by atoms with Gasteiger partial charge in [-0.1, -0.05) is 24.1 Å². The smallest absolute Gasteiger partial charge is 0.311 e. The van der Waals surface area contributed by atoms with Crippen molar-refractivity contribution in [2.75, 3.05) is 13.1 Å². The van der Waals surface area contributed by atoms with Crippen LogP contribution in [0.15, 0.2) is 18.2 Å². The SMILES string of the molecule is O=C(O)[C@@]12CCC[C@H]1CN(Cc1c(F)cccc1Cl)C2. The van der Waals surface area contributed by atoms with Gasteiger partial charge < -0.3 is 5.11 Å². The van der Waals surface area contributed by atoms with Crippen LogP contribution in [0.25, 0.3) is 0 Å². The Morgan fingerprint density at radius 1 is 1.55 bits per heavy atom. The summed E-state index contributed by atoms with van der Waals surface area (Å²) in [6.45, 7) is 1.60. The number of likely N-dealkylation sites (tertiary alicyclic amines) is 1. The van der Waals surface area contributed by atoms with Crippen molar-refractivity contribution in [3.63, 3.8) is 0 Å². The second-order valence-electron chi connectivity index (χ2n) is 5.92. The second kappa shape index (κ2) is 5.01. The lowest BCUT2D eigenvalue weighted by Gasteiger charge is -2.23. The summed E-state index contributed by atoms with van der Waals surface area (Å²) in [7, 11) is 0. The van der Waals surface area contributed by atoms with Crippen molar-refractivity contribution >= 4 is 17.6 Å². The Morgan fingerprint density at radius 2 is 2.35 bits per heavy atom. The highest BCUT2D eigenvalue weighted by atomic mass is 35.5. The van der Waals surface area contributed by atoms with E-state index < -0.39 is 11.4 Å². The van der Waals surface area contributed by atoms with E-state index in [0.717, 1.165) is 25.8 Å². The Morgan fingerprint density at radius 3 is 3.00 bits per heavy atom. The van der Waals surface area contributed by atoms with Crippen LogP contribution in [-0.2, 0) is 11.3 Å². The van der Waals surface area contributed by atoms with Crippen LogP contribution in [0.1, 0.15) is 24.8 Å². The summed E-state index contributed by atoms with van der Waals surface area (Å²) in [5, 5.41) is 9.95. The molecule has 5 heteroatoms. The minimum absolute atomic E-state index is 0.186. The summed E-state index contributed by atoms with van der Waals surface area (Å²) in [6, 6.07) is 4.65. The van der Waals surface area contributed by atoms with Gasteiger partial charge in [-0.25, -0.2) is 4.39 Å². The third kappa shape index (κ3) is 2.11.